The van der Waals surface area contributed by atoms with Gasteiger partial charge >= 0.3 is 6.18 Å². The van der Waals surface area contributed by atoms with E-state index in [1.807, 2.05) is 18.2 Å². The molecule has 2 aromatic heterocycles. The van der Waals surface area contributed by atoms with Gasteiger partial charge < -0.3 is 9.64 Å². The highest BCUT2D eigenvalue weighted by Crippen LogP contribution is 2.33. The minimum absolute atomic E-state index is 0.0670. The average molecular weight is 495 g/mol. The van der Waals surface area contributed by atoms with E-state index in [4.69, 9.17) is 4.74 Å². The average Bonchev–Trinajstić information content (AvgIpc) is 3.32. The highest BCUT2D eigenvalue weighted by atomic mass is 19.4. The van der Waals surface area contributed by atoms with Crippen molar-refractivity contribution in [3.05, 3.63) is 83.7 Å². The summed E-state index contributed by atoms with van der Waals surface area (Å²) in [6.07, 6.45) is -0.879. The third-order valence-electron chi connectivity index (χ3n) is 6.65. The molecule has 4 aromatic rings. The molecule has 1 saturated heterocycles. The first kappa shape index (κ1) is 23.8. The Morgan fingerprint density at radius 2 is 1.75 bits per heavy atom. The first-order valence-electron chi connectivity index (χ1n) is 11.8. The van der Waals surface area contributed by atoms with Gasteiger partial charge in [0, 0.05) is 18.7 Å². The molecule has 186 valence electrons. The van der Waals surface area contributed by atoms with Crippen LogP contribution in [0.25, 0.3) is 16.9 Å². The Kier molecular flexibility index (Phi) is 6.38. The number of hydrogen-bond acceptors (Lipinski definition) is 4. The van der Waals surface area contributed by atoms with Gasteiger partial charge in [-0.15, -0.1) is 0 Å². The van der Waals surface area contributed by atoms with Gasteiger partial charge in [0.05, 0.1) is 19.0 Å². The number of amides is 1. The summed E-state index contributed by atoms with van der Waals surface area (Å²) in [5.74, 6) is 0.680. The molecule has 36 heavy (non-hydrogen) atoms. The molecule has 0 bridgehead atoms. The summed E-state index contributed by atoms with van der Waals surface area (Å²) in [7, 11) is 1.51. The van der Waals surface area contributed by atoms with Crippen LogP contribution in [-0.4, -0.2) is 45.6 Å². The van der Waals surface area contributed by atoms with Gasteiger partial charge in [-0.3, -0.25) is 4.79 Å². The summed E-state index contributed by atoms with van der Waals surface area (Å²) in [6, 6.07) is 17.7. The van der Waals surface area contributed by atoms with Crippen molar-refractivity contribution in [2.24, 2.45) is 5.92 Å². The minimum atomic E-state index is -4.68. The zero-order chi connectivity index (χ0) is 25.3. The molecule has 2 aromatic carbocycles. The number of carbonyl (C=O) groups excluding carboxylic acids is 1. The highest BCUT2D eigenvalue weighted by Gasteiger charge is 2.36. The number of hydrogen-bond donors (Lipinski definition) is 0. The van der Waals surface area contributed by atoms with Crippen molar-refractivity contribution in [3.8, 4) is 17.0 Å². The van der Waals surface area contributed by atoms with E-state index in [0.717, 1.165) is 25.3 Å². The lowest BCUT2D eigenvalue weighted by Crippen LogP contribution is -2.39. The number of piperidine rings is 1. The van der Waals surface area contributed by atoms with Gasteiger partial charge in [-0.2, -0.15) is 18.3 Å². The number of ether oxygens (including phenoxy) is 1. The third kappa shape index (κ3) is 4.78. The SMILES string of the molecule is COc1ccc(-c2cc(C(F)(F)F)n3ncc(C(=O)N4CCC(Cc5ccccc5)CC4)c3n2)cc1. The Morgan fingerprint density at radius 3 is 2.39 bits per heavy atom. The largest absolute Gasteiger partial charge is 0.497 e. The van der Waals surface area contributed by atoms with E-state index >= 15 is 0 Å². The molecule has 6 nitrogen and oxygen atoms in total. The monoisotopic (exact) mass is 494 g/mol. The van der Waals surface area contributed by atoms with Crippen molar-refractivity contribution in [2.45, 2.75) is 25.4 Å². The number of halogens is 3. The second-order valence-electron chi connectivity index (χ2n) is 8.97. The second kappa shape index (κ2) is 9.64. The Labute approximate surface area is 206 Å². The van der Waals surface area contributed by atoms with Crippen LogP contribution in [-0.2, 0) is 12.6 Å². The maximum absolute atomic E-state index is 13.9. The van der Waals surface area contributed by atoms with Crippen molar-refractivity contribution in [2.75, 3.05) is 20.2 Å². The standard InChI is InChI=1S/C27H25F3N4O2/c1-36-21-9-7-20(8-10-21)23-16-24(27(28,29)30)34-25(32-23)22(17-31-34)26(35)33-13-11-19(12-14-33)15-18-5-3-2-4-6-18/h2-10,16-17,19H,11-15H2,1H3. The number of fused-ring (bicyclic) bond motifs is 1. The van der Waals surface area contributed by atoms with Crippen LogP contribution in [0.4, 0.5) is 13.2 Å². The summed E-state index contributed by atoms with van der Waals surface area (Å²) < 4.78 is 47.6. The number of benzene rings is 2. The molecule has 5 rings (SSSR count). The smallest absolute Gasteiger partial charge is 0.433 e. The van der Waals surface area contributed by atoms with E-state index in [2.05, 4.69) is 22.2 Å². The molecule has 0 atom stereocenters. The quantitative estimate of drug-likeness (QED) is 0.367. The topological polar surface area (TPSA) is 59.7 Å². The lowest BCUT2D eigenvalue weighted by Gasteiger charge is -2.32. The molecule has 1 amide bonds. The molecular formula is C27H25F3N4O2. The second-order valence-corrected chi connectivity index (χ2v) is 8.97. The van der Waals surface area contributed by atoms with Crippen molar-refractivity contribution < 1.29 is 22.7 Å². The van der Waals surface area contributed by atoms with Crippen LogP contribution in [0.15, 0.2) is 66.9 Å². The van der Waals surface area contributed by atoms with E-state index in [1.54, 1.807) is 29.2 Å². The molecule has 1 aliphatic heterocycles. The summed E-state index contributed by atoms with van der Waals surface area (Å²) in [4.78, 5) is 19.5. The first-order chi connectivity index (χ1) is 17.3. The Hall–Kier alpha value is -3.88. The maximum atomic E-state index is 13.9. The van der Waals surface area contributed by atoms with Gasteiger partial charge in [0.1, 0.15) is 11.3 Å². The Bertz CT molecular complexity index is 1360. The maximum Gasteiger partial charge on any atom is 0.433 e. The van der Waals surface area contributed by atoms with E-state index in [1.165, 1.54) is 18.9 Å². The van der Waals surface area contributed by atoms with E-state index < -0.39 is 11.9 Å². The van der Waals surface area contributed by atoms with Gasteiger partial charge in [-0.05, 0) is 61.1 Å². The predicted molar refractivity (Wildman–Crippen MR) is 129 cm³/mol. The molecule has 0 unspecified atom stereocenters. The van der Waals surface area contributed by atoms with E-state index in [-0.39, 0.29) is 22.8 Å². The van der Waals surface area contributed by atoms with Gasteiger partial charge in [0.2, 0.25) is 0 Å². The third-order valence-corrected chi connectivity index (χ3v) is 6.65. The number of alkyl halides is 3. The van der Waals surface area contributed by atoms with Crippen LogP contribution in [0.5, 0.6) is 5.75 Å². The predicted octanol–water partition coefficient (Wildman–Crippen LogP) is 5.52. The van der Waals surface area contributed by atoms with Gasteiger partial charge in [-0.1, -0.05) is 30.3 Å². The van der Waals surface area contributed by atoms with Gasteiger partial charge in [0.25, 0.3) is 5.91 Å². The van der Waals surface area contributed by atoms with Crippen LogP contribution < -0.4 is 4.74 Å². The summed E-state index contributed by atoms with van der Waals surface area (Å²) in [5.41, 5.74) is 0.821. The van der Waals surface area contributed by atoms with Crippen molar-refractivity contribution in [1.82, 2.24) is 19.5 Å². The molecule has 0 N–H and O–H groups in total. The number of nitrogens with zero attached hydrogens (tertiary/aromatic N) is 4. The fourth-order valence-electron chi connectivity index (χ4n) is 4.68. The highest BCUT2D eigenvalue weighted by molar-refractivity contribution is 6.00. The van der Waals surface area contributed by atoms with E-state index in [0.29, 0.717) is 34.8 Å². The molecule has 0 radical (unpaired) electrons. The molecule has 0 spiro atoms. The lowest BCUT2D eigenvalue weighted by molar-refractivity contribution is -0.142. The lowest BCUT2D eigenvalue weighted by atomic mass is 9.90. The Balaban J connectivity index is 1.42. The molecule has 0 aliphatic carbocycles. The van der Waals surface area contributed by atoms with Crippen LogP contribution >= 0.6 is 0 Å². The molecule has 0 saturated carbocycles. The zero-order valence-electron chi connectivity index (χ0n) is 19.7. The number of rotatable bonds is 5. The molecule has 1 aliphatic rings. The fraction of sp³-hybridized carbons (Fsp3) is 0.296. The van der Waals surface area contributed by atoms with Crippen molar-refractivity contribution in [1.29, 1.82) is 0 Å². The molecular weight excluding hydrogens is 469 g/mol. The van der Waals surface area contributed by atoms with Gasteiger partial charge in [0.15, 0.2) is 11.3 Å². The van der Waals surface area contributed by atoms with Crippen LogP contribution in [0.1, 0.15) is 34.5 Å². The summed E-state index contributed by atoms with van der Waals surface area (Å²) >= 11 is 0. The number of carbonyl (C=O) groups is 1. The van der Waals surface area contributed by atoms with Gasteiger partial charge in [-0.25, -0.2) is 9.50 Å². The van der Waals surface area contributed by atoms with Crippen LogP contribution in [0.3, 0.4) is 0 Å². The zero-order valence-corrected chi connectivity index (χ0v) is 19.7. The minimum Gasteiger partial charge on any atom is -0.497 e. The van der Waals surface area contributed by atoms with Crippen molar-refractivity contribution in [3.63, 3.8) is 0 Å². The number of methoxy groups -OCH3 is 1. The first-order valence-corrected chi connectivity index (χ1v) is 11.8. The number of likely N-dealkylation sites (tertiary alicyclic amines) is 1. The molecule has 3 heterocycles. The summed E-state index contributed by atoms with van der Waals surface area (Å²) in [6.45, 7) is 1.08. The summed E-state index contributed by atoms with van der Waals surface area (Å²) in [5, 5.41) is 3.90. The van der Waals surface area contributed by atoms with Crippen LogP contribution in [0, 0.1) is 5.92 Å². The molecule has 9 heteroatoms. The number of aromatic nitrogens is 3. The normalized spacial score (nSPS) is 14.8. The van der Waals surface area contributed by atoms with Crippen LogP contribution in [0.2, 0.25) is 0 Å². The fourth-order valence-corrected chi connectivity index (χ4v) is 4.68. The van der Waals surface area contributed by atoms with E-state index in [9.17, 15) is 18.0 Å². The Morgan fingerprint density at radius 1 is 1.06 bits per heavy atom. The van der Waals surface area contributed by atoms with Crippen molar-refractivity contribution >= 4 is 11.6 Å². The molecule has 1 fully saturated rings.